The quantitative estimate of drug-likeness (QED) is 0.429. The third-order valence-corrected chi connectivity index (χ3v) is 2.98. The Morgan fingerprint density at radius 1 is 1.04 bits per heavy atom. The van der Waals surface area contributed by atoms with Gasteiger partial charge in [-0.05, 0) is 30.4 Å². The van der Waals surface area contributed by atoms with Gasteiger partial charge in [0.15, 0.2) is 5.11 Å². The van der Waals surface area contributed by atoms with E-state index >= 15 is 0 Å². The second-order valence-corrected chi connectivity index (χ2v) is 4.81. The van der Waals surface area contributed by atoms with Crippen LogP contribution in [0.3, 0.4) is 0 Å². The smallest absolute Gasteiger partial charge is 0.270 e. The fourth-order valence-electron chi connectivity index (χ4n) is 1.66. The van der Waals surface area contributed by atoms with Gasteiger partial charge in [-0.25, -0.2) is 0 Å². The summed E-state index contributed by atoms with van der Waals surface area (Å²) in [5, 5.41) is 12.8. The Labute approximate surface area is 141 Å². The SMILES string of the molecule is O=C(NNC(=S)NC(=O)c1cccc([N+](=O)[O-])c1)c1ccncc1. The lowest BCUT2D eigenvalue weighted by atomic mass is 10.2. The number of rotatable bonds is 3. The number of nitrogens with one attached hydrogen (secondary N) is 3. The molecule has 1 aromatic carbocycles. The van der Waals surface area contributed by atoms with Gasteiger partial charge in [-0.1, -0.05) is 6.07 Å². The maximum atomic E-state index is 12.0. The second kappa shape index (κ2) is 7.74. The van der Waals surface area contributed by atoms with E-state index in [1.807, 2.05) is 0 Å². The maximum Gasteiger partial charge on any atom is 0.270 e. The van der Waals surface area contributed by atoms with Gasteiger partial charge in [-0.2, -0.15) is 0 Å². The van der Waals surface area contributed by atoms with E-state index in [2.05, 4.69) is 21.2 Å². The predicted octanol–water partition coefficient (Wildman–Crippen LogP) is 0.939. The summed E-state index contributed by atoms with van der Waals surface area (Å²) in [5.74, 6) is -1.11. The molecule has 0 aliphatic carbocycles. The Morgan fingerprint density at radius 3 is 2.42 bits per heavy atom. The summed E-state index contributed by atoms with van der Waals surface area (Å²) in [4.78, 5) is 37.6. The van der Waals surface area contributed by atoms with Crippen LogP contribution in [-0.2, 0) is 0 Å². The van der Waals surface area contributed by atoms with Crippen molar-refractivity contribution in [3.05, 3.63) is 70.0 Å². The van der Waals surface area contributed by atoms with Crippen LogP contribution >= 0.6 is 12.2 Å². The molecule has 10 heteroatoms. The number of nitro benzene ring substituents is 1. The molecule has 2 aromatic rings. The van der Waals surface area contributed by atoms with Crippen LogP contribution in [0.4, 0.5) is 5.69 Å². The van der Waals surface area contributed by atoms with Gasteiger partial charge in [0.05, 0.1) is 4.92 Å². The number of nitro groups is 1. The van der Waals surface area contributed by atoms with Gasteiger partial charge in [0.25, 0.3) is 17.5 Å². The van der Waals surface area contributed by atoms with Crippen LogP contribution in [-0.4, -0.2) is 26.8 Å². The Kier molecular flexibility index (Phi) is 5.47. The van der Waals surface area contributed by atoms with Crippen LogP contribution < -0.4 is 16.2 Å². The van der Waals surface area contributed by atoms with Crippen LogP contribution in [0.1, 0.15) is 20.7 Å². The molecule has 0 aliphatic rings. The van der Waals surface area contributed by atoms with E-state index in [1.54, 1.807) is 0 Å². The lowest BCUT2D eigenvalue weighted by Crippen LogP contribution is -2.48. The fourth-order valence-corrected chi connectivity index (χ4v) is 1.80. The van der Waals surface area contributed by atoms with Gasteiger partial charge in [0.1, 0.15) is 0 Å². The van der Waals surface area contributed by atoms with Crippen LogP contribution in [0.15, 0.2) is 48.8 Å². The number of thiocarbonyl (C=S) groups is 1. The molecule has 0 bridgehead atoms. The molecule has 3 N–H and O–H groups in total. The summed E-state index contributed by atoms with van der Waals surface area (Å²) < 4.78 is 0. The second-order valence-electron chi connectivity index (χ2n) is 4.41. The average molecular weight is 345 g/mol. The van der Waals surface area contributed by atoms with Crippen molar-refractivity contribution in [1.82, 2.24) is 21.2 Å². The zero-order valence-corrected chi connectivity index (χ0v) is 12.9. The summed E-state index contributed by atoms with van der Waals surface area (Å²) in [6.45, 7) is 0. The lowest BCUT2D eigenvalue weighted by Gasteiger charge is -2.10. The zero-order valence-electron chi connectivity index (χ0n) is 12.1. The van der Waals surface area contributed by atoms with Crippen molar-refractivity contribution in [3.63, 3.8) is 0 Å². The minimum atomic E-state index is -0.644. The largest absolute Gasteiger partial charge is 0.298 e. The predicted molar refractivity (Wildman–Crippen MR) is 88.0 cm³/mol. The standard InChI is InChI=1S/C14H11N5O4S/c20-12(10-2-1-3-11(8-10)19(22)23)16-14(24)18-17-13(21)9-4-6-15-7-5-9/h1-8H,(H,17,21)(H2,16,18,20,24). The highest BCUT2D eigenvalue weighted by atomic mass is 32.1. The van der Waals surface area contributed by atoms with Crippen molar-refractivity contribution in [1.29, 1.82) is 0 Å². The van der Waals surface area contributed by atoms with Crippen LogP contribution in [0, 0.1) is 10.1 Å². The monoisotopic (exact) mass is 345 g/mol. The number of non-ortho nitro benzene ring substituents is 1. The first kappa shape index (κ1) is 17.0. The average Bonchev–Trinajstić information content (AvgIpc) is 2.60. The Bertz CT molecular complexity index is 797. The normalized spacial score (nSPS) is 9.67. The van der Waals surface area contributed by atoms with E-state index in [0.29, 0.717) is 5.56 Å². The van der Waals surface area contributed by atoms with E-state index in [1.165, 1.54) is 42.7 Å². The molecule has 0 atom stereocenters. The lowest BCUT2D eigenvalue weighted by molar-refractivity contribution is -0.384. The van der Waals surface area contributed by atoms with Crippen LogP contribution in [0.25, 0.3) is 0 Å². The third kappa shape index (κ3) is 4.55. The fraction of sp³-hybridized carbons (Fsp3) is 0. The van der Waals surface area contributed by atoms with E-state index < -0.39 is 16.7 Å². The van der Waals surface area contributed by atoms with Gasteiger partial charge in [0, 0.05) is 35.7 Å². The number of hydrogen-bond donors (Lipinski definition) is 3. The molecule has 0 radical (unpaired) electrons. The molecular formula is C14H11N5O4S. The number of benzene rings is 1. The van der Waals surface area contributed by atoms with Crippen molar-refractivity contribution < 1.29 is 14.5 Å². The first-order chi connectivity index (χ1) is 11.5. The number of carbonyl (C=O) groups excluding carboxylic acids is 2. The molecule has 122 valence electrons. The Balaban J connectivity index is 1.90. The van der Waals surface area contributed by atoms with Gasteiger partial charge >= 0.3 is 0 Å². The Hall–Kier alpha value is -3.40. The molecule has 1 heterocycles. The molecule has 2 rings (SSSR count). The topological polar surface area (TPSA) is 126 Å². The molecular weight excluding hydrogens is 334 g/mol. The summed E-state index contributed by atoms with van der Waals surface area (Å²) in [6.07, 6.45) is 2.91. The molecule has 0 saturated heterocycles. The highest BCUT2D eigenvalue weighted by Crippen LogP contribution is 2.12. The van der Waals surface area contributed by atoms with Gasteiger partial charge < -0.3 is 0 Å². The van der Waals surface area contributed by atoms with E-state index in [9.17, 15) is 19.7 Å². The third-order valence-electron chi connectivity index (χ3n) is 2.78. The minimum absolute atomic E-state index is 0.0637. The summed E-state index contributed by atoms with van der Waals surface area (Å²) in [5.41, 5.74) is 4.87. The van der Waals surface area contributed by atoms with Gasteiger partial charge in [-0.15, -0.1) is 0 Å². The van der Waals surface area contributed by atoms with Crippen molar-refractivity contribution in [2.75, 3.05) is 0 Å². The number of hydrogen-bond acceptors (Lipinski definition) is 6. The minimum Gasteiger partial charge on any atom is -0.298 e. The molecule has 1 aromatic heterocycles. The first-order valence-electron chi connectivity index (χ1n) is 6.53. The molecule has 0 aliphatic heterocycles. The summed E-state index contributed by atoms with van der Waals surface area (Å²) in [6, 6.07) is 8.18. The van der Waals surface area contributed by atoms with Crippen LogP contribution in [0.2, 0.25) is 0 Å². The van der Waals surface area contributed by atoms with Crippen molar-refractivity contribution >= 4 is 34.8 Å². The molecule has 2 amide bonds. The van der Waals surface area contributed by atoms with E-state index in [-0.39, 0.29) is 16.4 Å². The summed E-state index contributed by atoms with van der Waals surface area (Å²) >= 11 is 4.88. The molecule has 9 nitrogen and oxygen atoms in total. The maximum absolute atomic E-state index is 12.0. The molecule has 0 spiro atoms. The van der Waals surface area contributed by atoms with E-state index in [4.69, 9.17) is 12.2 Å². The molecule has 0 unspecified atom stereocenters. The number of pyridine rings is 1. The van der Waals surface area contributed by atoms with Crippen LogP contribution in [0.5, 0.6) is 0 Å². The highest BCUT2D eigenvalue weighted by Gasteiger charge is 2.13. The summed E-state index contributed by atoms with van der Waals surface area (Å²) in [7, 11) is 0. The molecule has 0 saturated carbocycles. The first-order valence-corrected chi connectivity index (χ1v) is 6.94. The van der Waals surface area contributed by atoms with Crippen molar-refractivity contribution in [2.24, 2.45) is 0 Å². The van der Waals surface area contributed by atoms with Gasteiger partial charge in [-0.3, -0.25) is 40.9 Å². The number of nitrogens with zero attached hydrogens (tertiary/aromatic N) is 2. The number of carbonyl (C=O) groups is 2. The zero-order chi connectivity index (χ0) is 17.5. The molecule has 0 fully saturated rings. The highest BCUT2D eigenvalue weighted by molar-refractivity contribution is 7.80. The van der Waals surface area contributed by atoms with Gasteiger partial charge in [0.2, 0.25) is 0 Å². The molecule has 24 heavy (non-hydrogen) atoms. The Morgan fingerprint density at radius 2 is 1.75 bits per heavy atom. The number of aromatic nitrogens is 1. The number of amides is 2. The number of hydrazine groups is 1. The van der Waals surface area contributed by atoms with E-state index in [0.717, 1.165) is 6.07 Å². The van der Waals surface area contributed by atoms with Crippen molar-refractivity contribution in [3.8, 4) is 0 Å². The van der Waals surface area contributed by atoms with Crippen molar-refractivity contribution in [2.45, 2.75) is 0 Å².